The van der Waals surface area contributed by atoms with Gasteiger partial charge in [-0.15, -0.1) is 0 Å². The fraction of sp³-hybridized carbons (Fsp3) is 0.357. The normalized spacial score (nSPS) is 12.5. The second-order valence-electron chi connectivity index (χ2n) is 4.67. The highest BCUT2D eigenvalue weighted by atomic mass is 79.9. The molecule has 0 spiro atoms. The SMILES string of the molecule is CCc1nn(C)c(CC)c1NS(=O)c1c(Cl)cc(Br)cc1Cl. The van der Waals surface area contributed by atoms with Crippen LogP contribution in [0.15, 0.2) is 21.5 Å². The first kappa shape index (κ1) is 17.8. The third-order valence-electron chi connectivity index (χ3n) is 3.25. The summed E-state index contributed by atoms with van der Waals surface area (Å²) in [6.45, 7) is 4.04. The van der Waals surface area contributed by atoms with Crippen molar-refractivity contribution in [3.63, 3.8) is 0 Å². The highest BCUT2D eigenvalue weighted by Crippen LogP contribution is 2.33. The maximum Gasteiger partial charge on any atom is 0.153 e. The number of hydrogen-bond acceptors (Lipinski definition) is 2. The van der Waals surface area contributed by atoms with E-state index in [9.17, 15) is 4.21 Å². The molecule has 0 radical (unpaired) electrons. The molecule has 0 amide bonds. The zero-order valence-corrected chi connectivity index (χ0v) is 16.3. The lowest BCUT2D eigenvalue weighted by Gasteiger charge is -2.11. The van der Waals surface area contributed by atoms with Crippen LogP contribution in [0.25, 0.3) is 0 Å². The number of benzene rings is 1. The number of nitrogens with zero attached hydrogens (tertiary/aromatic N) is 2. The molecule has 0 aliphatic carbocycles. The molecule has 1 unspecified atom stereocenters. The van der Waals surface area contributed by atoms with Crippen molar-refractivity contribution < 1.29 is 4.21 Å². The fourth-order valence-corrected chi connectivity index (χ4v) is 4.86. The average Bonchev–Trinajstić information content (AvgIpc) is 2.72. The molecule has 4 nitrogen and oxygen atoms in total. The van der Waals surface area contributed by atoms with Gasteiger partial charge in [-0.05, 0) is 25.0 Å². The summed E-state index contributed by atoms with van der Waals surface area (Å²) in [6, 6.07) is 3.35. The molecule has 0 fully saturated rings. The smallest absolute Gasteiger partial charge is 0.153 e. The minimum Gasteiger partial charge on any atom is -0.297 e. The Kier molecular flexibility index (Phi) is 5.94. The van der Waals surface area contributed by atoms with Gasteiger partial charge in [-0.3, -0.25) is 9.40 Å². The molecule has 2 rings (SSSR count). The standard InChI is InChI=1S/C14H16BrCl2N3OS/c1-4-11-13(12(5-2)20(3)18-11)19-22(21)14-9(16)6-8(15)7-10(14)17/h6-7,19H,4-5H2,1-3H3. The average molecular weight is 425 g/mol. The number of rotatable bonds is 5. The van der Waals surface area contributed by atoms with Gasteiger partial charge in [0.2, 0.25) is 0 Å². The van der Waals surface area contributed by atoms with Gasteiger partial charge in [-0.25, -0.2) is 4.21 Å². The summed E-state index contributed by atoms with van der Waals surface area (Å²) in [7, 11) is 0.316. The Labute approximate surface area is 150 Å². The Morgan fingerprint density at radius 1 is 1.27 bits per heavy atom. The Hall–Kier alpha value is -0.560. The van der Waals surface area contributed by atoms with Gasteiger partial charge in [-0.2, -0.15) is 5.10 Å². The second-order valence-corrected chi connectivity index (χ2v) is 7.55. The maximum atomic E-state index is 12.7. The van der Waals surface area contributed by atoms with Gasteiger partial charge < -0.3 is 0 Å². The van der Waals surface area contributed by atoms with Crippen LogP contribution in [-0.2, 0) is 30.9 Å². The van der Waals surface area contributed by atoms with E-state index in [2.05, 4.69) is 25.8 Å². The van der Waals surface area contributed by atoms with E-state index in [0.717, 1.165) is 34.4 Å². The van der Waals surface area contributed by atoms with E-state index in [1.54, 1.807) is 12.1 Å². The van der Waals surface area contributed by atoms with Gasteiger partial charge in [0.05, 0.1) is 32.0 Å². The van der Waals surface area contributed by atoms with E-state index in [4.69, 9.17) is 23.2 Å². The summed E-state index contributed by atoms with van der Waals surface area (Å²) in [6.07, 6.45) is 1.53. The highest BCUT2D eigenvalue weighted by Gasteiger charge is 2.20. The summed E-state index contributed by atoms with van der Waals surface area (Å²) in [5.74, 6) is 0. The van der Waals surface area contributed by atoms with Crippen molar-refractivity contribution in [2.75, 3.05) is 4.72 Å². The van der Waals surface area contributed by atoms with Crippen LogP contribution in [0.3, 0.4) is 0 Å². The van der Waals surface area contributed by atoms with Crippen molar-refractivity contribution in [3.8, 4) is 0 Å². The van der Waals surface area contributed by atoms with Crippen LogP contribution in [-0.4, -0.2) is 14.0 Å². The van der Waals surface area contributed by atoms with Gasteiger partial charge in [-0.1, -0.05) is 53.0 Å². The number of hydrogen-bond donors (Lipinski definition) is 1. The van der Waals surface area contributed by atoms with Crippen molar-refractivity contribution in [1.82, 2.24) is 9.78 Å². The molecule has 120 valence electrons. The van der Waals surface area contributed by atoms with E-state index in [0.29, 0.717) is 14.9 Å². The maximum absolute atomic E-state index is 12.7. The molecule has 22 heavy (non-hydrogen) atoms. The van der Waals surface area contributed by atoms with Crippen LogP contribution in [0.5, 0.6) is 0 Å². The monoisotopic (exact) mass is 423 g/mol. The molecule has 0 aliphatic rings. The van der Waals surface area contributed by atoms with Gasteiger partial charge in [0, 0.05) is 11.5 Å². The molecule has 1 atom stereocenters. The lowest BCUT2D eigenvalue weighted by atomic mass is 10.2. The topological polar surface area (TPSA) is 46.9 Å². The van der Waals surface area contributed by atoms with Crippen LogP contribution in [0.4, 0.5) is 5.69 Å². The molecular weight excluding hydrogens is 409 g/mol. The molecule has 0 aliphatic heterocycles. The minimum absolute atomic E-state index is 0.352. The molecular formula is C14H16BrCl2N3OS. The molecule has 0 saturated carbocycles. The van der Waals surface area contributed by atoms with Crippen LogP contribution in [0, 0.1) is 0 Å². The first-order chi connectivity index (χ1) is 10.4. The van der Waals surface area contributed by atoms with Crippen molar-refractivity contribution >= 4 is 55.8 Å². The minimum atomic E-state index is -1.56. The van der Waals surface area contributed by atoms with E-state index < -0.39 is 11.0 Å². The van der Waals surface area contributed by atoms with Crippen molar-refractivity contribution in [2.24, 2.45) is 7.05 Å². The lowest BCUT2D eigenvalue weighted by Crippen LogP contribution is -2.09. The third-order valence-corrected chi connectivity index (χ3v) is 5.73. The predicted octanol–water partition coefficient (Wildman–Crippen LogP) is 4.75. The number of nitrogens with one attached hydrogen (secondary N) is 1. The summed E-state index contributed by atoms with van der Waals surface area (Å²) in [4.78, 5) is 0.375. The molecule has 0 bridgehead atoms. The Morgan fingerprint density at radius 3 is 2.36 bits per heavy atom. The zero-order valence-electron chi connectivity index (χ0n) is 12.4. The van der Waals surface area contributed by atoms with Gasteiger partial charge in [0.15, 0.2) is 11.0 Å². The van der Waals surface area contributed by atoms with Crippen molar-refractivity contribution in [2.45, 2.75) is 31.6 Å². The summed E-state index contributed by atoms with van der Waals surface area (Å²) in [5, 5.41) is 5.16. The van der Waals surface area contributed by atoms with Crippen LogP contribution >= 0.6 is 39.1 Å². The van der Waals surface area contributed by atoms with E-state index in [1.165, 1.54) is 0 Å². The lowest BCUT2D eigenvalue weighted by molar-refractivity contribution is 0.686. The van der Waals surface area contributed by atoms with Gasteiger partial charge in [0.25, 0.3) is 0 Å². The van der Waals surface area contributed by atoms with E-state index in [1.807, 2.05) is 25.6 Å². The molecule has 0 saturated heterocycles. The van der Waals surface area contributed by atoms with E-state index >= 15 is 0 Å². The largest absolute Gasteiger partial charge is 0.297 e. The molecule has 1 N–H and O–H groups in total. The summed E-state index contributed by atoms with van der Waals surface area (Å²) in [5.41, 5.74) is 2.66. The van der Waals surface area contributed by atoms with Crippen LogP contribution in [0.2, 0.25) is 10.0 Å². The first-order valence-corrected chi connectivity index (χ1v) is 9.46. The number of aryl methyl sites for hydroxylation is 2. The third kappa shape index (κ3) is 3.50. The quantitative estimate of drug-likeness (QED) is 0.752. The fourth-order valence-electron chi connectivity index (χ4n) is 2.24. The molecule has 8 heteroatoms. The van der Waals surface area contributed by atoms with Gasteiger partial charge in [0.1, 0.15) is 0 Å². The van der Waals surface area contributed by atoms with Crippen molar-refractivity contribution in [1.29, 1.82) is 0 Å². The molecule has 1 aromatic heterocycles. The highest BCUT2D eigenvalue weighted by molar-refractivity contribution is 9.10. The first-order valence-electron chi connectivity index (χ1n) is 6.76. The predicted molar refractivity (Wildman–Crippen MR) is 96.2 cm³/mol. The Bertz CT molecular complexity index is 710. The van der Waals surface area contributed by atoms with Gasteiger partial charge >= 0.3 is 0 Å². The number of aromatic nitrogens is 2. The summed E-state index contributed by atoms with van der Waals surface area (Å²) < 4.78 is 18.3. The zero-order chi connectivity index (χ0) is 16.4. The van der Waals surface area contributed by atoms with Crippen molar-refractivity contribution in [3.05, 3.63) is 38.0 Å². The van der Waals surface area contributed by atoms with Crippen LogP contribution in [0.1, 0.15) is 25.2 Å². The molecule has 1 heterocycles. The summed E-state index contributed by atoms with van der Waals surface area (Å²) >= 11 is 15.7. The number of anilines is 1. The molecule has 2 aromatic rings. The Morgan fingerprint density at radius 2 is 1.86 bits per heavy atom. The Balaban J connectivity index is 2.42. The molecule has 1 aromatic carbocycles. The van der Waals surface area contributed by atoms with Crippen LogP contribution < -0.4 is 4.72 Å². The number of halogens is 3. The second kappa shape index (κ2) is 7.34. The van der Waals surface area contributed by atoms with E-state index in [-0.39, 0.29) is 0 Å².